The van der Waals surface area contributed by atoms with Crippen LogP contribution in [0.25, 0.3) is 11.1 Å². The number of amides is 2. The molecule has 0 spiro atoms. The number of methoxy groups -OCH3 is 1. The molecule has 2 aromatic rings. The zero-order chi connectivity index (χ0) is 17.8. The van der Waals surface area contributed by atoms with Crippen LogP contribution in [0.5, 0.6) is 5.75 Å². The predicted molar refractivity (Wildman–Crippen MR) is 101 cm³/mol. The van der Waals surface area contributed by atoms with Crippen LogP contribution in [-0.2, 0) is 0 Å². The van der Waals surface area contributed by atoms with E-state index in [1.807, 2.05) is 60.5 Å². The van der Waals surface area contributed by atoms with E-state index in [0.29, 0.717) is 0 Å². The summed E-state index contributed by atoms with van der Waals surface area (Å²) in [6.07, 6.45) is 1.02. The number of hydrogen-bond acceptors (Lipinski definition) is 3. The Bertz CT molecular complexity index is 747. The van der Waals surface area contributed by atoms with Crippen molar-refractivity contribution in [2.45, 2.75) is 12.5 Å². The minimum absolute atomic E-state index is 0.0666. The molecule has 1 aliphatic heterocycles. The van der Waals surface area contributed by atoms with Crippen LogP contribution >= 0.6 is 0 Å². The van der Waals surface area contributed by atoms with Crippen LogP contribution in [0.4, 0.5) is 10.5 Å². The Balaban J connectivity index is 1.72. The maximum Gasteiger partial charge on any atom is 0.321 e. The first kappa shape index (κ1) is 17.3. The van der Waals surface area contributed by atoms with Crippen molar-refractivity contribution >= 4 is 11.7 Å². The van der Waals surface area contributed by atoms with E-state index in [1.165, 1.54) is 0 Å². The molecule has 5 heteroatoms. The zero-order valence-corrected chi connectivity index (χ0v) is 15.0. The number of rotatable bonds is 4. The van der Waals surface area contributed by atoms with Crippen molar-refractivity contribution in [2.24, 2.45) is 0 Å². The lowest BCUT2D eigenvalue weighted by Gasteiger charge is -2.24. The molecule has 1 fully saturated rings. The molecule has 1 saturated heterocycles. The number of anilines is 1. The van der Waals surface area contributed by atoms with Crippen molar-refractivity contribution in [3.63, 3.8) is 0 Å². The van der Waals surface area contributed by atoms with Gasteiger partial charge in [0.25, 0.3) is 0 Å². The third kappa shape index (κ3) is 4.12. The van der Waals surface area contributed by atoms with Crippen LogP contribution in [0, 0.1) is 0 Å². The van der Waals surface area contributed by atoms with Crippen LogP contribution in [0.2, 0.25) is 0 Å². The first-order valence-corrected chi connectivity index (χ1v) is 8.53. The monoisotopic (exact) mass is 339 g/mol. The van der Waals surface area contributed by atoms with Gasteiger partial charge in [0.2, 0.25) is 0 Å². The third-order valence-electron chi connectivity index (χ3n) is 4.75. The van der Waals surface area contributed by atoms with Crippen molar-refractivity contribution in [2.75, 3.05) is 39.6 Å². The fraction of sp³-hybridized carbons (Fsp3) is 0.350. The topological polar surface area (TPSA) is 44.8 Å². The number of ether oxygens (including phenoxy) is 1. The van der Waals surface area contributed by atoms with Gasteiger partial charge in [0.15, 0.2) is 0 Å². The van der Waals surface area contributed by atoms with Crippen molar-refractivity contribution in [1.82, 2.24) is 9.80 Å². The lowest BCUT2D eigenvalue weighted by atomic mass is 10.0. The largest absolute Gasteiger partial charge is 0.497 e. The molecule has 1 aliphatic rings. The molecule has 3 rings (SSSR count). The number of carbonyl (C=O) groups is 1. The number of carbonyl (C=O) groups excluding carboxylic acids is 1. The highest BCUT2D eigenvalue weighted by molar-refractivity contribution is 5.90. The van der Waals surface area contributed by atoms with Gasteiger partial charge in [-0.15, -0.1) is 0 Å². The van der Waals surface area contributed by atoms with Crippen LogP contribution in [-0.4, -0.2) is 56.2 Å². The molecule has 1 heterocycles. The number of nitrogens with one attached hydrogen (secondary N) is 1. The summed E-state index contributed by atoms with van der Waals surface area (Å²) in [6, 6.07) is 16.0. The quantitative estimate of drug-likeness (QED) is 0.927. The molecule has 0 aliphatic carbocycles. The Morgan fingerprint density at radius 1 is 1.20 bits per heavy atom. The minimum atomic E-state index is -0.0666. The highest BCUT2D eigenvalue weighted by atomic mass is 16.5. The number of hydrogen-bond donors (Lipinski definition) is 1. The summed E-state index contributed by atoms with van der Waals surface area (Å²) in [5, 5.41) is 3.01. The summed E-state index contributed by atoms with van der Waals surface area (Å²) < 4.78 is 5.29. The Kier molecular flexibility index (Phi) is 5.24. The summed E-state index contributed by atoms with van der Waals surface area (Å²) in [5.41, 5.74) is 2.89. The van der Waals surface area contributed by atoms with E-state index < -0.39 is 0 Å². The SMILES string of the molecule is COc1cccc(-c2cccc(NC(=O)N(C)[C@H]3CCN(C)C3)c2)c1. The van der Waals surface area contributed by atoms with Gasteiger partial charge >= 0.3 is 6.03 Å². The smallest absolute Gasteiger partial charge is 0.321 e. The number of benzene rings is 2. The second-order valence-corrected chi connectivity index (χ2v) is 6.56. The van der Waals surface area contributed by atoms with Gasteiger partial charge in [-0.2, -0.15) is 0 Å². The normalized spacial score (nSPS) is 17.3. The molecule has 25 heavy (non-hydrogen) atoms. The standard InChI is InChI=1S/C20H25N3O2/c1-22-11-10-18(14-22)23(2)20(24)21-17-8-4-6-15(12-17)16-7-5-9-19(13-16)25-3/h4-9,12-13,18H,10-11,14H2,1-3H3,(H,21,24)/t18-/m0/s1. The molecular weight excluding hydrogens is 314 g/mol. The molecule has 0 unspecified atom stereocenters. The number of likely N-dealkylation sites (tertiary alicyclic amines) is 1. The lowest BCUT2D eigenvalue weighted by molar-refractivity contribution is 0.204. The third-order valence-corrected chi connectivity index (χ3v) is 4.75. The maximum atomic E-state index is 12.5. The van der Waals surface area contributed by atoms with Crippen molar-refractivity contribution < 1.29 is 9.53 Å². The average molecular weight is 339 g/mol. The Labute approximate surface area is 149 Å². The summed E-state index contributed by atoms with van der Waals surface area (Å²) in [5.74, 6) is 0.817. The lowest BCUT2D eigenvalue weighted by Crippen LogP contribution is -2.41. The first-order valence-electron chi connectivity index (χ1n) is 8.53. The fourth-order valence-electron chi connectivity index (χ4n) is 3.18. The van der Waals surface area contributed by atoms with E-state index in [9.17, 15) is 4.79 Å². The average Bonchev–Trinajstić information content (AvgIpc) is 3.07. The van der Waals surface area contributed by atoms with E-state index >= 15 is 0 Å². The summed E-state index contributed by atoms with van der Waals surface area (Å²) in [7, 11) is 5.61. The molecule has 5 nitrogen and oxygen atoms in total. The molecule has 2 aromatic carbocycles. The summed E-state index contributed by atoms with van der Waals surface area (Å²) in [6.45, 7) is 1.96. The molecule has 2 amide bonds. The maximum absolute atomic E-state index is 12.5. The molecule has 1 atom stereocenters. The Morgan fingerprint density at radius 2 is 1.92 bits per heavy atom. The van der Waals surface area contributed by atoms with Crippen molar-refractivity contribution in [3.05, 3.63) is 48.5 Å². The second kappa shape index (κ2) is 7.57. The van der Waals surface area contributed by atoms with Gasteiger partial charge < -0.3 is 19.9 Å². The van der Waals surface area contributed by atoms with Crippen LogP contribution in [0.15, 0.2) is 48.5 Å². The number of nitrogens with zero attached hydrogens (tertiary/aromatic N) is 2. The van der Waals surface area contributed by atoms with Crippen LogP contribution in [0.1, 0.15) is 6.42 Å². The van der Waals surface area contributed by atoms with Gasteiger partial charge in [-0.3, -0.25) is 0 Å². The van der Waals surface area contributed by atoms with Crippen LogP contribution < -0.4 is 10.1 Å². The van der Waals surface area contributed by atoms with Gasteiger partial charge in [-0.05, 0) is 55.4 Å². The predicted octanol–water partition coefficient (Wildman–Crippen LogP) is 3.53. The molecule has 1 N–H and O–H groups in total. The van der Waals surface area contributed by atoms with Gasteiger partial charge in [-0.1, -0.05) is 24.3 Å². The summed E-state index contributed by atoms with van der Waals surface area (Å²) >= 11 is 0. The second-order valence-electron chi connectivity index (χ2n) is 6.56. The Hall–Kier alpha value is -2.53. The molecule has 0 radical (unpaired) electrons. The van der Waals surface area contributed by atoms with Gasteiger partial charge in [0, 0.05) is 25.3 Å². The molecular formula is C20H25N3O2. The molecule has 132 valence electrons. The van der Waals surface area contributed by atoms with Crippen LogP contribution in [0.3, 0.4) is 0 Å². The van der Waals surface area contributed by atoms with E-state index in [1.54, 1.807) is 7.11 Å². The zero-order valence-electron chi connectivity index (χ0n) is 15.0. The highest BCUT2D eigenvalue weighted by Gasteiger charge is 2.26. The van der Waals surface area contributed by atoms with E-state index in [4.69, 9.17) is 4.74 Å². The van der Waals surface area contributed by atoms with Gasteiger partial charge in [0.1, 0.15) is 5.75 Å². The van der Waals surface area contributed by atoms with E-state index in [2.05, 4.69) is 17.3 Å². The highest BCUT2D eigenvalue weighted by Crippen LogP contribution is 2.26. The van der Waals surface area contributed by atoms with Crippen molar-refractivity contribution in [1.29, 1.82) is 0 Å². The Morgan fingerprint density at radius 3 is 2.60 bits per heavy atom. The minimum Gasteiger partial charge on any atom is -0.497 e. The van der Waals surface area contributed by atoms with E-state index in [0.717, 1.165) is 42.1 Å². The molecule has 0 bridgehead atoms. The number of urea groups is 1. The summed E-state index contributed by atoms with van der Waals surface area (Å²) in [4.78, 5) is 16.6. The molecule has 0 saturated carbocycles. The van der Waals surface area contributed by atoms with Crippen molar-refractivity contribution in [3.8, 4) is 16.9 Å². The van der Waals surface area contributed by atoms with Gasteiger partial charge in [0.05, 0.1) is 7.11 Å². The fourth-order valence-corrected chi connectivity index (χ4v) is 3.18. The van der Waals surface area contributed by atoms with E-state index in [-0.39, 0.29) is 12.1 Å². The molecule has 0 aromatic heterocycles. The number of likely N-dealkylation sites (N-methyl/N-ethyl adjacent to an activating group) is 2. The van der Waals surface area contributed by atoms with Gasteiger partial charge in [-0.25, -0.2) is 4.79 Å². The first-order chi connectivity index (χ1) is 12.1.